The van der Waals surface area contributed by atoms with Crippen LogP contribution in [0.25, 0.3) is 0 Å². The Morgan fingerprint density at radius 1 is 0.647 bits per heavy atom. The fourth-order valence-electron chi connectivity index (χ4n) is 6.89. The van der Waals surface area contributed by atoms with Crippen LogP contribution in [0.4, 0.5) is 0 Å². The van der Waals surface area contributed by atoms with Crippen LogP contribution < -0.4 is 0 Å². The third kappa shape index (κ3) is 12.8. The van der Waals surface area contributed by atoms with Gasteiger partial charge in [0.15, 0.2) is 0 Å². The first-order valence-corrected chi connectivity index (χ1v) is 15.6. The van der Waals surface area contributed by atoms with E-state index in [1.807, 2.05) is 0 Å². The Kier molecular flexibility index (Phi) is 15.5. The van der Waals surface area contributed by atoms with Gasteiger partial charge in [0.05, 0.1) is 13.4 Å². The molecule has 0 amide bonds. The molecular formula is C31H60BNO. The van der Waals surface area contributed by atoms with Gasteiger partial charge in [-0.2, -0.15) is 0 Å². The van der Waals surface area contributed by atoms with Crippen LogP contribution in [0.5, 0.6) is 0 Å². The molecule has 1 heterocycles. The highest BCUT2D eigenvalue weighted by Gasteiger charge is 2.29. The molecular weight excluding hydrogens is 413 g/mol. The lowest BCUT2D eigenvalue weighted by molar-refractivity contribution is 0.0355. The van der Waals surface area contributed by atoms with Gasteiger partial charge in [0.25, 0.3) is 0 Å². The summed E-state index contributed by atoms with van der Waals surface area (Å²) >= 11 is 0. The van der Waals surface area contributed by atoms with Gasteiger partial charge in [-0.3, -0.25) is 0 Å². The molecule has 5 atom stereocenters. The highest BCUT2D eigenvalue weighted by atomic mass is 16.3. The Morgan fingerprint density at radius 2 is 1.12 bits per heavy atom. The third-order valence-electron chi connectivity index (χ3n) is 9.33. The van der Waals surface area contributed by atoms with Gasteiger partial charge >= 0.3 is 0 Å². The van der Waals surface area contributed by atoms with Crippen molar-refractivity contribution in [3.05, 3.63) is 0 Å². The van der Waals surface area contributed by atoms with Crippen LogP contribution in [0.3, 0.4) is 0 Å². The van der Waals surface area contributed by atoms with Crippen molar-refractivity contribution in [1.82, 2.24) is 4.90 Å². The van der Waals surface area contributed by atoms with Crippen LogP contribution in [-0.2, 0) is 0 Å². The first-order valence-electron chi connectivity index (χ1n) is 15.6. The molecule has 4 unspecified atom stereocenters. The molecule has 0 spiro atoms. The Bertz CT molecular complexity index is 496. The van der Waals surface area contributed by atoms with E-state index in [9.17, 15) is 5.11 Å². The molecule has 1 aliphatic heterocycles. The lowest BCUT2D eigenvalue weighted by atomic mass is 9.77. The zero-order valence-corrected chi connectivity index (χ0v) is 23.5. The largest absolute Gasteiger partial charge is 0.390 e. The highest BCUT2D eigenvalue weighted by Crippen LogP contribution is 2.34. The molecule has 198 valence electrons. The van der Waals surface area contributed by atoms with E-state index in [2.05, 4.69) is 25.8 Å². The molecule has 2 aliphatic rings. The number of hydrogen-bond donors (Lipinski definition) is 1. The number of rotatable bonds is 1. The quantitative estimate of drug-likeness (QED) is 0.384. The summed E-state index contributed by atoms with van der Waals surface area (Å²) in [6.45, 7) is 5.87. The first-order chi connectivity index (χ1) is 16.4. The molecule has 1 saturated carbocycles. The van der Waals surface area contributed by atoms with Gasteiger partial charge in [-0.1, -0.05) is 122 Å². The predicted octanol–water partition coefficient (Wildman–Crippen LogP) is 8.86. The second-order valence-electron chi connectivity index (χ2n) is 12.7. The molecule has 34 heavy (non-hydrogen) atoms. The summed E-state index contributed by atoms with van der Waals surface area (Å²) in [5.74, 6) is 2.14. The maximum atomic E-state index is 10.7. The fourth-order valence-corrected chi connectivity index (χ4v) is 6.89. The van der Waals surface area contributed by atoms with Gasteiger partial charge in [-0.25, -0.2) is 0 Å². The van der Waals surface area contributed by atoms with Crippen LogP contribution in [0.1, 0.15) is 155 Å². The van der Waals surface area contributed by atoms with Crippen LogP contribution in [0.2, 0.25) is 5.82 Å². The normalized spacial score (nSPS) is 36.6. The average Bonchev–Trinajstić information content (AvgIpc) is 2.80. The SMILES string of the molecule is [B]C1CCCCCCC(C2CCCCCCC(C)(O)CCCCCN2C)[C@H](C)CCCCCC1. The van der Waals surface area contributed by atoms with E-state index < -0.39 is 5.60 Å². The van der Waals surface area contributed by atoms with Crippen molar-refractivity contribution in [2.45, 2.75) is 173 Å². The van der Waals surface area contributed by atoms with E-state index in [4.69, 9.17) is 7.85 Å². The second-order valence-corrected chi connectivity index (χ2v) is 12.7. The van der Waals surface area contributed by atoms with E-state index in [-0.39, 0.29) is 0 Å². The minimum Gasteiger partial charge on any atom is -0.390 e. The van der Waals surface area contributed by atoms with E-state index in [0.717, 1.165) is 30.7 Å². The van der Waals surface area contributed by atoms with Crippen LogP contribution >= 0.6 is 0 Å². The zero-order valence-electron chi connectivity index (χ0n) is 23.5. The van der Waals surface area contributed by atoms with Crippen molar-refractivity contribution in [3.63, 3.8) is 0 Å². The van der Waals surface area contributed by atoms with Crippen molar-refractivity contribution in [3.8, 4) is 0 Å². The standard InChI is InChI=1S/C31H60BNO/c1-27-19-11-4-5-12-20-28(32)21-13-6-7-14-22-29(27)30-23-15-8-9-16-24-31(2,34)25-17-10-18-26-33(30)3/h27-30,34H,4-26H2,1-3H3/t27-,28?,29?,30?,31?/m1/s1. The minimum absolute atomic E-state index is 0.441. The Hall–Kier alpha value is -0.0151. The van der Waals surface area contributed by atoms with Crippen LogP contribution in [-0.4, -0.2) is 43.1 Å². The van der Waals surface area contributed by atoms with Crippen molar-refractivity contribution in [2.75, 3.05) is 13.6 Å². The average molecular weight is 474 g/mol. The Labute approximate surface area is 215 Å². The smallest absolute Gasteiger partial charge is 0.0699 e. The molecule has 1 saturated heterocycles. The number of hydrogen-bond acceptors (Lipinski definition) is 2. The molecule has 2 rings (SSSR count). The highest BCUT2D eigenvalue weighted by molar-refractivity contribution is 6.11. The molecule has 0 aromatic rings. The second kappa shape index (κ2) is 17.4. The minimum atomic E-state index is -0.441. The Balaban J connectivity index is 2.00. The maximum Gasteiger partial charge on any atom is 0.0699 e. The molecule has 1 aliphatic carbocycles. The summed E-state index contributed by atoms with van der Waals surface area (Å²) in [4.78, 5) is 2.76. The molecule has 0 aromatic heterocycles. The number of nitrogens with zero attached hydrogens (tertiary/aromatic N) is 1. The van der Waals surface area contributed by atoms with Gasteiger partial charge in [-0.05, 0) is 64.5 Å². The molecule has 0 bridgehead atoms. The summed E-state index contributed by atoms with van der Waals surface area (Å²) in [6, 6.07) is 0.755. The summed E-state index contributed by atoms with van der Waals surface area (Å²) in [6.07, 6.45) is 28.6. The maximum absolute atomic E-state index is 10.7. The van der Waals surface area contributed by atoms with Crippen molar-refractivity contribution in [2.24, 2.45) is 11.8 Å². The van der Waals surface area contributed by atoms with Crippen molar-refractivity contribution in [1.29, 1.82) is 0 Å². The van der Waals surface area contributed by atoms with Gasteiger partial charge < -0.3 is 10.0 Å². The van der Waals surface area contributed by atoms with Crippen LogP contribution in [0.15, 0.2) is 0 Å². The topological polar surface area (TPSA) is 23.5 Å². The molecule has 2 radical (unpaired) electrons. The molecule has 0 aromatic carbocycles. The Morgan fingerprint density at radius 3 is 1.74 bits per heavy atom. The first kappa shape index (κ1) is 30.2. The van der Waals surface area contributed by atoms with Gasteiger partial charge in [-0.15, -0.1) is 0 Å². The molecule has 3 heteroatoms. The summed E-state index contributed by atoms with van der Waals surface area (Å²) in [5.41, 5.74) is -0.441. The summed E-state index contributed by atoms with van der Waals surface area (Å²) < 4.78 is 0. The molecule has 2 fully saturated rings. The summed E-state index contributed by atoms with van der Waals surface area (Å²) in [7, 11) is 8.79. The van der Waals surface area contributed by atoms with Gasteiger partial charge in [0, 0.05) is 6.04 Å². The summed E-state index contributed by atoms with van der Waals surface area (Å²) in [5, 5.41) is 10.7. The van der Waals surface area contributed by atoms with E-state index in [1.54, 1.807) is 0 Å². The fraction of sp³-hybridized carbons (Fsp3) is 1.00. The predicted molar refractivity (Wildman–Crippen MR) is 151 cm³/mol. The molecule has 1 N–H and O–H groups in total. The van der Waals surface area contributed by atoms with E-state index >= 15 is 0 Å². The third-order valence-corrected chi connectivity index (χ3v) is 9.33. The van der Waals surface area contributed by atoms with Gasteiger partial charge in [0.2, 0.25) is 0 Å². The van der Waals surface area contributed by atoms with Crippen LogP contribution in [0, 0.1) is 11.8 Å². The lowest BCUT2D eigenvalue weighted by Gasteiger charge is -2.39. The zero-order chi connectivity index (χ0) is 24.7. The van der Waals surface area contributed by atoms with E-state index in [0.29, 0.717) is 5.82 Å². The monoisotopic (exact) mass is 473 g/mol. The van der Waals surface area contributed by atoms with Crippen molar-refractivity contribution >= 4 is 7.85 Å². The number of aliphatic hydroxyl groups is 1. The van der Waals surface area contributed by atoms with Gasteiger partial charge in [0.1, 0.15) is 0 Å². The molecule has 2 nitrogen and oxygen atoms in total. The lowest BCUT2D eigenvalue weighted by Crippen LogP contribution is -2.41. The van der Waals surface area contributed by atoms with E-state index in [1.165, 1.54) is 135 Å². The van der Waals surface area contributed by atoms with Crippen molar-refractivity contribution < 1.29 is 5.11 Å².